The SMILES string of the molecule is CSc1ccc(N2C(=O)c3ccccc3C[C@]2(C)C(=O)NCc2ccc(Cl)cc2)cc1. The minimum atomic E-state index is -1.06. The Labute approximate surface area is 191 Å². The quantitative estimate of drug-likeness (QED) is 0.534. The Kier molecular flexibility index (Phi) is 6.08. The maximum absolute atomic E-state index is 13.5. The van der Waals surface area contributed by atoms with E-state index in [9.17, 15) is 9.59 Å². The van der Waals surface area contributed by atoms with Gasteiger partial charge in [-0.2, -0.15) is 0 Å². The zero-order valence-corrected chi connectivity index (χ0v) is 19.0. The van der Waals surface area contributed by atoms with E-state index >= 15 is 0 Å². The smallest absolute Gasteiger partial charge is 0.259 e. The van der Waals surface area contributed by atoms with Crippen LogP contribution in [0.1, 0.15) is 28.4 Å². The van der Waals surface area contributed by atoms with Crippen molar-refractivity contribution < 1.29 is 9.59 Å². The van der Waals surface area contributed by atoms with Crippen molar-refractivity contribution in [2.45, 2.75) is 30.3 Å². The molecule has 0 bridgehead atoms. The van der Waals surface area contributed by atoms with E-state index in [1.807, 2.05) is 73.8 Å². The fourth-order valence-corrected chi connectivity index (χ4v) is 4.50. The average Bonchev–Trinajstić information content (AvgIpc) is 2.79. The summed E-state index contributed by atoms with van der Waals surface area (Å²) < 4.78 is 0. The third-order valence-electron chi connectivity index (χ3n) is 5.67. The first-order valence-corrected chi connectivity index (χ1v) is 11.6. The third-order valence-corrected chi connectivity index (χ3v) is 6.66. The number of carbonyl (C=O) groups is 2. The van der Waals surface area contributed by atoms with E-state index in [0.29, 0.717) is 29.2 Å². The lowest BCUT2D eigenvalue weighted by Crippen LogP contribution is -2.63. The van der Waals surface area contributed by atoms with Crippen molar-refractivity contribution in [3.8, 4) is 0 Å². The molecule has 1 aliphatic rings. The number of rotatable bonds is 5. The Morgan fingerprint density at radius 1 is 1.06 bits per heavy atom. The monoisotopic (exact) mass is 450 g/mol. The first kappa shape index (κ1) is 21.5. The number of halogens is 1. The van der Waals surface area contributed by atoms with E-state index in [1.165, 1.54) is 0 Å². The molecule has 3 aromatic carbocycles. The minimum absolute atomic E-state index is 0.164. The molecule has 2 amide bonds. The highest BCUT2D eigenvalue weighted by Crippen LogP contribution is 2.36. The van der Waals surface area contributed by atoms with Crippen LogP contribution < -0.4 is 10.2 Å². The normalized spacial score (nSPS) is 17.9. The van der Waals surface area contributed by atoms with Crippen LogP contribution in [0.5, 0.6) is 0 Å². The number of benzene rings is 3. The Bertz CT molecular complexity index is 1120. The highest BCUT2D eigenvalue weighted by molar-refractivity contribution is 7.98. The van der Waals surface area contributed by atoms with Crippen molar-refractivity contribution in [2.75, 3.05) is 11.2 Å². The zero-order valence-electron chi connectivity index (χ0n) is 17.4. The molecule has 0 fully saturated rings. The van der Waals surface area contributed by atoms with Gasteiger partial charge in [0.15, 0.2) is 0 Å². The lowest BCUT2D eigenvalue weighted by Gasteiger charge is -2.44. The second-order valence-corrected chi connectivity index (χ2v) is 9.07. The van der Waals surface area contributed by atoms with E-state index < -0.39 is 5.54 Å². The summed E-state index contributed by atoms with van der Waals surface area (Å²) in [6.07, 6.45) is 2.44. The van der Waals surface area contributed by atoms with Crippen LogP contribution in [0, 0.1) is 0 Å². The number of amides is 2. The molecule has 1 heterocycles. The average molecular weight is 451 g/mol. The van der Waals surface area contributed by atoms with Gasteiger partial charge in [0.25, 0.3) is 5.91 Å². The van der Waals surface area contributed by atoms with Gasteiger partial charge >= 0.3 is 0 Å². The molecule has 0 saturated heterocycles. The van der Waals surface area contributed by atoms with E-state index in [4.69, 9.17) is 11.6 Å². The first-order valence-electron chi connectivity index (χ1n) is 10.0. The highest BCUT2D eigenvalue weighted by atomic mass is 35.5. The van der Waals surface area contributed by atoms with Crippen LogP contribution in [0.3, 0.4) is 0 Å². The van der Waals surface area contributed by atoms with Crippen molar-refractivity contribution >= 4 is 40.9 Å². The van der Waals surface area contributed by atoms with Crippen LogP contribution in [0.15, 0.2) is 77.7 Å². The Morgan fingerprint density at radius 3 is 2.42 bits per heavy atom. The lowest BCUT2D eigenvalue weighted by molar-refractivity contribution is -0.126. The number of fused-ring (bicyclic) bond motifs is 1. The topological polar surface area (TPSA) is 49.4 Å². The number of nitrogens with zero attached hydrogens (tertiary/aromatic N) is 1. The molecule has 0 unspecified atom stereocenters. The van der Waals surface area contributed by atoms with Crippen molar-refractivity contribution in [3.05, 3.63) is 94.5 Å². The van der Waals surface area contributed by atoms with E-state index in [1.54, 1.807) is 28.8 Å². The summed E-state index contributed by atoms with van der Waals surface area (Å²) in [5.41, 5.74) is 2.12. The molecule has 1 aliphatic heterocycles. The second-order valence-electron chi connectivity index (χ2n) is 7.76. The van der Waals surface area contributed by atoms with E-state index in [0.717, 1.165) is 16.0 Å². The van der Waals surface area contributed by atoms with Gasteiger partial charge in [-0.3, -0.25) is 14.5 Å². The summed E-state index contributed by atoms with van der Waals surface area (Å²) in [4.78, 5) is 29.8. The number of thioether (sulfide) groups is 1. The second kappa shape index (κ2) is 8.77. The standard InChI is InChI=1S/C25H23ClN2O2S/c1-25(24(30)27-16-17-7-9-19(26)10-8-17)15-18-5-3-4-6-22(18)23(29)28(25)20-11-13-21(31-2)14-12-20/h3-14H,15-16H2,1-2H3,(H,27,30)/t25-/m1/s1. The Morgan fingerprint density at radius 2 is 1.74 bits per heavy atom. The molecular formula is C25H23ClN2O2S. The molecule has 6 heteroatoms. The Balaban J connectivity index is 1.69. The van der Waals surface area contributed by atoms with E-state index in [-0.39, 0.29) is 11.8 Å². The lowest BCUT2D eigenvalue weighted by atomic mass is 9.82. The fourth-order valence-electron chi connectivity index (χ4n) is 3.97. The number of hydrogen-bond donors (Lipinski definition) is 1. The molecule has 31 heavy (non-hydrogen) atoms. The molecule has 4 nitrogen and oxygen atoms in total. The number of nitrogens with one attached hydrogen (secondary N) is 1. The molecular weight excluding hydrogens is 428 g/mol. The van der Waals surface area contributed by atoms with Gasteiger partial charge in [-0.05, 0) is 66.8 Å². The van der Waals surface area contributed by atoms with Crippen LogP contribution in [-0.4, -0.2) is 23.6 Å². The maximum Gasteiger partial charge on any atom is 0.259 e. The summed E-state index contributed by atoms with van der Waals surface area (Å²) in [5.74, 6) is -0.359. The molecule has 1 N–H and O–H groups in total. The number of carbonyl (C=O) groups excluding carboxylic acids is 2. The summed E-state index contributed by atoms with van der Waals surface area (Å²) in [6.45, 7) is 2.20. The predicted octanol–water partition coefficient (Wildman–Crippen LogP) is 5.34. The summed E-state index contributed by atoms with van der Waals surface area (Å²) in [5, 5.41) is 3.67. The fraction of sp³-hybridized carbons (Fsp3) is 0.200. The van der Waals surface area contributed by atoms with Crippen LogP contribution >= 0.6 is 23.4 Å². The molecule has 0 radical (unpaired) electrons. The van der Waals surface area contributed by atoms with Gasteiger partial charge in [-0.1, -0.05) is 41.9 Å². The highest BCUT2D eigenvalue weighted by Gasteiger charge is 2.47. The van der Waals surface area contributed by atoms with Crippen molar-refractivity contribution in [2.24, 2.45) is 0 Å². The molecule has 0 spiro atoms. The molecule has 1 atom stereocenters. The van der Waals surface area contributed by atoms with Crippen LogP contribution in [0.25, 0.3) is 0 Å². The summed E-state index contributed by atoms with van der Waals surface area (Å²) in [6, 6.07) is 22.6. The van der Waals surface area contributed by atoms with Gasteiger partial charge in [0.1, 0.15) is 5.54 Å². The predicted molar refractivity (Wildman–Crippen MR) is 127 cm³/mol. The van der Waals surface area contributed by atoms with Gasteiger partial charge in [-0.15, -0.1) is 11.8 Å². The number of anilines is 1. The van der Waals surface area contributed by atoms with Crippen molar-refractivity contribution in [3.63, 3.8) is 0 Å². The molecule has 4 rings (SSSR count). The van der Waals surface area contributed by atoms with Gasteiger partial charge < -0.3 is 5.32 Å². The van der Waals surface area contributed by atoms with Crippen molar-refractivity contribution in [1.82, 2.24) is 5.32 Å². The maximum atomic E-state index is 13.5. The Hall–Kier alpha value is -2.76. The minimum Gasteiger partial charge on any atom is -0.350 e. The first-order chi connectivity index (χ1) is 14.9. The largest absolute Gasteiger partial charge is 0.350 e. The van der Waals surface area contributed by atoms with E-state index in [2.05, 4.69) is 5.32 Å². The number of hydrogen-bond acceptors (Lipinski definition) is 3. The van der Waals surface area contributed by atoms with Crippen LogP contribution in [0.4, 0.5) is 5.69 Å². The van der Waals surface area contributed by atoms with Crippen LogP contribution in [-0.2, 0) is 17.8 Å². The molecule has 158 valence electrons. The van der Waals surface area contributed by atoms with Crippen molar-refractivity contribution in [1.29, 1.82) is 0 Å². The van der Waals surface area contributed by atoms with Crippen LogP contribution in [0.2, 0.25) is 5.02 Å². The zero-order chi connectivity index (χ0) is 22.0. The van der Waals surface area contributed by atoms with Gasteiger partial charge in [0.05, 0.1) is 0 Å². The van der Waals surface area contributed by atoms with Gasteiger partial charge in [0.2, 0.25) is 5.91 Å². The van der Waals surface area contributed by atoms with Gasteiger partial charge in [0, 0.05) is 34.1 Å². The van der Waals surface area contributed by atoms with Gasteiger partial charge in [-0.25, -0.2) is 0 Å². The molecule has 0 aromatic heterocycles. The molecule has 0 aliphatic carbocycles. The molecule has 0 saturated carbocycles. The third kappa shape index (κ3) is 4.21. The summed E-state index contributed by atoms with van der Waals surface area (Å²) >= 11 is 7.59. The summed E-state index contributed by atoms with van der Waals surface area (Å²) in [7, 11) is 0. The molecule has 3 aromatic rings.